The van der Waals surface area contributed by atoms with E-state index in [9.17, 15) is 14.4 Å². The number of unbranched alkanes of at least 4 members (excludes halogenated alkanes) is 1. The molecule has 2 N–H and O–H groups in total. The molecule has 1 atom stereocenters. The van der Waals surface area contributed by atoms with Crippen LogP contribution in [0.25, 0.3) is 0 Å². The first kappa shape index (κ1) is 24.4. The Morgan fingerprint density at radius 2 is 1.79 bits per heavy atom. The highest BCUT2D eigenvalue weighted by molar-refractivity contribution is 6.32. The summed E-state index contributed by atoms with van der Waals surface area (Å²) in [4.78, 5) is 39.1. The smallest absolute Gasteiger partial charge is 0.255 e. The Hall–Kier alpha value is -3.26. The maximum absolute atomic E-state index is 12.7. The molecule has 3 rings (SSSR count). The van der Waals surface area contributed by atoms with Gasteiger partial charge in [-0.25, -0.2) is 0 Å². The van der Waals surface area contributed by atoms with E-state index in [0.29, 0.717) is 46.5 Å². The number of anilines is 2. The molecule has 0 unspecified atom stereocenters. The first-order valence-electron chi connectivity index (χ1n) is 10.8. The number of methoxy groups -OCH3 is 2. The van der Waals surface area contributed by atoms with Gasteiger partial charge in [0.2, 0.25) is 11.8 Å². The van der Waals surface area contributed by atoms with E-state index in [2.05, 4.69) is 17.6 Å². The zero-order chi connectivity index (χ0) is 24.0. The molecule has 0 aromatic heterocycles. The second kappa shape index (κ2) is 11.0. The van der Waals surface area contributed by atoms with E-state index in [1.54, 1.807) is 41.3 Å². The monoisotopic (exact) mass is 473 g/mol. The fourth-order valence-corrected chi connectivity index (χ4v) is 3.85. The Balaban J connectivity index is 1.62. The molecule has 1 heterocycles. The van der Waals surface area contributed by atoms with Crippen LogP contribution in [0.5, 0.6) is 11.5 Å². The first-order valence-corrected chi connectivity index (χ1v) is 11.2. The molecule has 0 bridgehead atoms. The van der Waals surface area contributed by atoms with Crippen LogP contribution in [0.1, 0.15) is 36.5 Å². The number of nitrogens with zero attached hydrogens (tertiary/aromatic N) is 1. The minimum atomic E-state index is -0.371. The number of likely N-dealkylation sites (tertiary alicyclic amines) is 1. The molecule has 0 spiro atoms. The van der Waals surface area contributed by atoms with E-state index in [-0.39, 0.29) is 30.1 Å². The Morgan fingerprint density at radius 3 is 2.42 bits per heavy atom. The maximum Gasteiger partial charge on any atom is 0.255 e. The van der Waals surface area contributed by atoms with Gasteiger partial charge in [0.1, 0.15) is 11.5 Å². The van der Waals surface area contributed by atoms with Crippen LogP contribution in [0.15, 0.2) is 36.4 Å². The van der Waals surface area contributed by atoms with Crippen molar-refractivity contribution in [2.75, 3.05) is 37.9 Å². The third-order valence-corrected chi connectivity index (χ3v) is 5.80. The quantitative estimate of drug-likeness (QED) is 0.569. The van der Waals surface area contributed by atoms with Crippen molar-refractivity contribution in [3.63, 3.8) is 0 Å². The van der Waals surface area contributed by atoms with E-state index >= 15 is 0 Å². The second-order valence-corrected chi connectivity index (χ2v) is 8.21. The summed E-state index contributed by atoms with van der Waals surface area (Å²) >= 11 is 6.10. The van der Waals surface area contributed by atoms with Crippen molar-refractivity contribution in [2.45, 2.75) is 26.2 Å². The van der Waals surface area contributed by atoms with Crippen molar-refractivity contribution in [1.82, 2.24) is 4.90 Å². The zero-order valence-electron chi connectivity index (χ0n) is 18.9. The molecule has 33 heavy (non-hydrogen) atoms. The summed E-state index contributed by atoms with van der Waals surface area (Å²) in [5.41, 5.74) is 1.37. The molecule has 9 heteroatoms. The number of benzene rings is 2. The van der Waals surface area contributed by atoms with Gasteiger partial charge < -0.3 is 25.0 Å². The fourth-order valence-electron chi connectivity index (χ4n) is 3.61. The van der Waals surface area contributed by atoms with Gasteiger partial charge in [-0.15, -0.1) is 0 Å². The van der Waals surface area contributed by atoms with Gasteiger partial charge in [0.05, 0.1) is 30.8 Å². The van der Waals surface area contributed by atoms with Crippen LogP contribution in [0.3, 0.4) is 0 Å². The predicted octanol–water partition coefficient (Wildman–Crippen LogP) is 4.20. The molecule has 1 aliphatic rings. The highest BCUT2D eigenvalue weighted by Crippen LogP contribution is 2.36. The van der Waals surface area contributed by atoms with Gasteiger partial charge in [-0.2, -0.15) is 0 Å². The number of halogens is 1. The van der Waals surface area contributed by atoms with Gasteiger partial charge in [-0.3, -0.25) is 14.4 Å². The molecule has 1 aliphatic heterocycles. The largest absolute Gasteiger partial charge is 0.495 e. The fraction of sp³-hybridized carbons (Fsp3) is 0.375. The van der Waals surface area contributed by atoms with Crippen LogP contribution < -0.4 is 20.1 Å². The summed E-state index contributed by atoms with van der Waals surface area (Å²) in [6, 6.07) is 9.66. The number of ether oxygens (including phenoxy) is 2. The van der Waals surface area contributed by atoms with E-state index < -0.39 is 0 Å². The van der Waals surface area contributed by atoms with Crippen LogP contribution in [0, 0.1) is 5.92 Å². The van der Waals surface area contributed by atoms with Crippen LogP contribution in [-0.4, -0.2) is 49.9 Å². The summed E-state index contributed by atoms with van der Waals surface area (Å²) < 4.78 is 10.5. The Morgan fingerprint density at radius 1 is 1.09 bits per heavy atom. The van der Waals surface area contributed by atoms with Crippen molar-refractivity contribution < 1.29 is 23.9 Å². The van der Waals surface area contributed by atoms with Crippen LogP contribution in [0.4, 0.5) is 11.4 Å². The molecule has 8 nitrogen and oxygen atoms in total. The average molecular weight is 474 g/mol. The molecule has 0 saturated carbocycles. The molecule has 0 aliphatic carbocycles. The molecule has 1 saturated heterocycles. The Labute approximate surface area is 198 Å². The second-order valence-electron chi connectivity index (χ2n) is 7.80. The van der Waals surface area contributed by atoms with Gasteiger partial charge in [-0.05, 0) is 30.7 Å². The SMILES string of the molecule is CCCCN1C[C@H](C(=O)Nc2ccc(C(=O)Nc3cc(OC)c(Cl)cc3OC)cc2)CC1=O. The van der Waals surface area contributed by atoms with Gasteiger partial charge in [0, 0.05) is 42.9 Å². The van der Waals surface area contributed by atoms with Gasteiger partial charge in [-0.1, -0.05) is 24.9 Å². The van der Waals surface area contributed by atoms with E-state index in [0.717, 1.165) is 12.8 Å². The molecule has 176 valence electrons. The van der Waals surface area contributed by atoms with Crippen LogP contribution in [0.2, 0.25) is 5.02 Å². The summed E-state index contributed by atoms with van der Waals surface area (Å²) in [7, 11) is 2.96. The van der Waals surface area contributed by atoms with Crippen LogP contribution >= 0.6 is 11.6 Å². The van der Waals surface area contributed by atoms with E-state index in [1.165, 1.54) is 14.2 Å². The molecular weight excluding hydrogens is 446 g/mol. The molecular formula is C24H28ClN3O5. The molecule has 2 aromatic carbocycles. The number of hydrogen-bond donors (Lipinski definition) is 2. The minimum Gasteiger partial charge on any atom is -0.495 e. The lowest BCUT2D eigenvalue weighted by Crippen LogP contribution is -2.29. The number of carbonyl (C=O) groups is 3. The number of rotatable bonds is 9. The summed E-state index contributed by atoms with van der Waals surface area (Å²) in [6.07, 6.45) is 2.15. The van der Waals surface area contributed by atoms with Gasteiger partial charge in [0.25, 0.3) is 5.91 Å². The van der Waals surface area contributed by atoms with Crippen molar-refractivity contribution in [2.24, 2.45) is 5.92 Å². The Bertz CT molecular complexity index is 1030. The first-order chi connectivity index (χ1) is 15.9. The average Bonchev–Trinajstić information content (AvgIpc) is 3.19. The normalized spacial score (nSPS) is 15.3. The third-order valence-electron chi connectivity index (χ3n) is 5.50. The number of nitrogens with one attached hydrogen (secondary N) is 2. The molecule has 3 amide bonds. The van der Waals surface area contributed by atoms with Crippen molar-refractivity contribution in [3.05, 3.63) is 47.0 Å². The lowest BCUT2D eigenvalue weighted by Gasteiger charge is -2.16. The highest BCUT2D eigenvalue weighted by Gasteiger charge is 2.33. The molecule has 1 fully saturated rings. The summed E-state index contributed by atoms with van der Waals surface area (Å²) in [5, 5.41) is 5.98. The molecule has 2 aromatic rings. The standard InChI is InChI=1S/C24H28ClN3O5/c1-4-5-10-28-14-16(11-22(28)29)24(31)26-17-8-6-15(7-9-17)23(30)27-19-13-20(32-2)18(25)12-21(19)33-3/h6-9,12-13,16H,4-5,10-11,14H2,1-3H3,(H,26,31)(H,27,30)/t16-/m1/s1. The number of hydrogen-bond acceptors (Lipinski definition) is 5. The maximum atomic E-state index is 12.7. The minimum absolute atomic E-state index is 0.0184. The third kappa shape index (κ3) is 5.96. The predicted molar refractivity (Wildman–Crippen MR) is 127 cm³/mol. The molecule has 0 radical (unpaired) electrons. The highest BCUT2D eigenvalue weighted by atomic mass is 35.5. The van der Waals surface area contributed by atoms with Gasteiger partial charge >= 0.3 is 0 Å². The number of amides is 3. The lowest BCUT2D eigenvalue weighted by molar-refractivity contribution is -0.128. The van der Waals surface area contributed by atoms with E-state index in [1.807, 2.05) is 0 Å². The van der Waals surface area contributed by atoms with Crippen molar-refractivity contribution in [3.8, 4) is 11.5 Å². The summed E-state index contributed by atoms with van der Waals surface area (Å²) in [6.45, 7) is 3.20. The Kier molecular flexibility index (Phi) is 8.16. The summed E-state index contributed by atoms with van der Waals surface area (Å²) in [5.74, 6) is -0.0998. The van der Waals surface area contributed by atoms with E-state index in [4.69, 9.17) is 21.1 Å². The van der Waals surface area contributed by atoms with Crippen LogP contribution in [-0.2, 0) is 9.59 Å². The lowest BCUT2D eigenvalue weighted by atomic mass is 10.1. The number of carbonyl (C=O) groups excluding carboxylic acids is 3. The van der Waals surface area contributed by atoms with Gasteiger partial charge in [0.15, 0.2) is 0 Å². The van der Waals surface area contributed by atoms with Crippen molar-refractivity contribution >= 4 is 40.7 Å². The topological polar surface area (TPSA) is 97.0 Å². The van der Waals surface area contributed by atoms with Crippen molar-refractivity contribution in [1.29, 1.82) is 0 Å². The zero-order valence-corrected chi connectivity index (χ0v) is 19.7.